The zero-order valence-corrected chi connectivity index (χ0v) is 23.0. The first-order valence-electron chi connectivity index (χ1n) is 11.9. The summed E-state index contributed by atoms with van der Waals surface area (Å²) in [5.74, 6) is -0.284. The van der Waals surface area contributed by atoms with Crippen LogP contribution in [0.15, 0.2) is 42.5 Å². The fraction of sp³-hybridized carbons (Fsp3) is 0.500. The summed E-state index contributed by atoms with van der Waals surface area (Å²) in [5.41, 5.74) is 2.66. The molecule has 1 N–H and O–H groups in total. The van der Waals surface area contributed by atoms with Gasteiger partial charge in [-0.2, -0.15) is 0 Å². The molecule has 0 fully saturated rings. The number of hydrogen-bond donors (Lipinski definition) is 1. The van der Waals surface area contributed by atoms with Gasteiger partial charge < -0.3 is 10.2 Å². The van der Waals surface area contributed by atoms with Crippen molar-refractivity contribution in [3.05, 3.63) is 69.2 Å². The molecule has 2 aromatic carbocycles. The lowest BCUT2D eigenvalue weighted by molar-refractivity contribution is -0.142. The maximum atomic E-state index is 13.5. The molecule has 6 heteroatoms. The van der Waals surface area contributed by atoms with Gasteiger partial charge in [-0.05, 0) is 62.3 Å². The smallest absolute Gasteiger partial charge is 0.243 e. The lowest BCUT2D eigenvalue weighted by Gasteiger charge is -2.33. The number of halogens is 2. The number of hydrogen-bond acceptors (Lipinski definition) is 2. The van der Waals surface area contributed by atoms with Gasteiger partial charge in [-0.3, -0.25) is 9.59 Å². The second kappa shape index (κ2) is 11.6. The van der Waals surface area contributed by atoms with Crippen LogP contribution in [0.2, 0.25) is 10.0 Å². The molecule has 0 bridgehead atoms. The van der Waals surface area contributed by atoms with Gasteiger partial charge in [0.2, 0.25) is 11.8 Å². The van der Waals surface area contributed by atoms with Crippen LogP contribution < -0.4 is 5.32 Å². The van der Waals surface area contributed by atoms with Crippen LogP contribution in [0.1, 0.15) is 78.0 Å². The minimum atomic E-state index is -0.623. The molecule has 2 amide bonds. The van der Waals surface area contributed by atoms with Gasteiger partial charge in [0.25, 0.3) is 0 Å². The first-order chi connectivity index (χ1) is 15.7. The molecule has 186 valence electrons. The summed E-state index contributed by atoms with van der Waals surface area (Å²) < 4.78 is 0. The van der Waals surface area contributed by atoms with E-state index in [1.165, 1.54) is 5.56 Å². The van der Waals surface area contributed by atoms with E-state index in [2.05, 4.69) is 50.4 Å². The largest absolute Gasteiger partial charge is 0.350 e. The van der Waals surface area contributed by atoms with E-state index in [1.807, 2.05) is 27.7 Å². The van der Waals surface area contributed by atoms with Gasteiger partial charge in [0.15, 0.2) is 0 Å². The first kappa shape index (κ1) is 28.2. The van der Waals surface area contributed by atoms with Crippen molar-refractivity contribution < 1.29 is 9.59 Å². The van der Waals surface area contributed by atoms with E-state index in [0.29, 0.717) is 28.5 Å². The molecule has 4 nitrogen and oxygen atoms in total. The molecule has 0 aliphatic rings. The summed E-state index contributed by atoms with van der Waals surface area (Å²) in [5, 5.41) is 3.98. The maximum Gasteiger partial charge on any atom is 0.243 e. The second-order valence-corrected chi connectivity index (χ2v) is 11.6. The number of nitrogens with zero attached hydrogens (tertiary/aromatic N) is 1. The molecule has 0 aromatic heterocycles. The Morgan fingerprint density at radius 1 is 0.941 bits per heavy atom. The van der Waals surface area contributed by atoms with Crippen LogP contribution in [0.25, 0.3) is 0 Å². The van der Waals surface area contributed by atoms with Crippen LogP contribution in [0.3, 0.4) is 0 Å². The third-order valence-electron chi connectivity index (χ3n) is 5.72. The standard InChI is InChI=1S/C28H38Cl2N2O2/c1-8-24(26(34)31-28(5,6)7)32(18-21-22(29)10-9-11-23(21)30)25(33)17-14-19-12-15-20(16-13-19)27(2,3)4/h9-13,15-16,24H,8,14,17-18H2,1-7H3,(H,31,34)/t24-/m0/s1. The molecule has 0 saturated heterocycles. The molecule has 0 radical (unpaired) electrons. The van der Waals surface area contributed by atoms with Crippen molar-refractivity contribution >= 4 is 35.0 Å². The van der Waals surface area contributed by atoms with Crippen molar-refractivity contribution in [2.24, 2.45) is 0 Å². The van der Waals surface area contributed by atoms with Gasteiger partial charge in [-0.1, -0.05) is 81.2 Å². The van der Waals surface area contributed by atoms with Gasteiger partial charge in [-0.25, -0.2) is 0 Å². The number of amides is 2. The summed E-state index contributed by atoms with van der Waals surface area (Å²) in [4.78, 5) is 28.3. The summed E-state index contributed by atoms with van der Waals surface area (Å²) in [7, 11) is 0. The Balaban J connectivity index is 2.28. The predicted molar refractivity (Wildman–Crippen MR) is 142 cm³/mol. The zero-order chi connectivity index (χ0) is 25.7. The van der Waals surface area contributed by atoms with E-state index in [0.717, 1.165) is 5.56 Å². The third-order valence-corrected chi connectivity index (χ3v) is 6.43. The van der Waals surface area contributed by atoms with Crippen LogP contribution in [0.5, 0.6) is 0 Å². The average molecular weight is 506 g/mol. The molecule has 2 rings (SSSR count). The number of rotatable bonds is 8. The SMILES string of the molecule is CC[C@@H](C(=O)NC(C)(C)C)N(Cc1c(Cl)cccc1Cl)C(=O)CCc1ccc(C(C)(C)C)cc1. The summed E-state index contributed by atoms with van der Waals surface area (Å²) >= 11 is 12.8. The van der Waals surface area contributed by atoms with Crippen LogP contribution in [-0.4, -0.2) is 28.3 Å². The van der Waals surface area contributed by atoms with Crippen LogP contribution >= 0.6 is 23.2 Å². The summed E-state index contributed by atoms with van der Waals surface area (Å²) in [6.07, 6.45) is 1.36. The predicted octanol–water partition coefficient (Wildman–Crippen LogP) is 6.95. The van der Waals surface area contributed by atoms with E-state index < -0.39 is 11.6 Å². The second-order valence-electron chi connectivity index (χ2n) is 10.8. The average Bonchev–Trinajstić information content (AvgIpc) is 2.72. The maximum absolute atomic E-state index is 13.5. The Morgan fingerprint density at radius 3 is 1.97 bits per heavy atom. The van der Waals surface area contributed by atoms with Crippen molar-refractivity contribution in [1.82, 2.24) is 10.2 Å². The van der Waals surface area contributed by atoms with Gasteiger partial charge in [0.1, 0.15) is 6.04 Å². The van der Waals surface area contributed by atoms with E-state index in [-0.39, 0.29) is 30.2 Å². The monoisotopic (exact) mass is 504 g/mol. The molecule has 1 atom stereocenters. The highest BCUT2D eigenvalue weighted by Crippen LogP contribution is 2.28. The Bertz CT molecular complexity index is 969. The number of carbonyl (C=O) groups excluding carboxylic acids is 2. The number of benzene rings is 2. The minimum Gasteiger partial charge on any atom is -0.350 e. The summed E-state index contributed by atoms with van der Waals surface area (Å²) in [6, 6.07) is 13.0. The highest BCUT2D eigenvalue weighted by atomic mass is 35.5. The highest BCUT2D eigenvalue weighted by Gasteiger charge is 2.31. The molecule has 0 unspecified atom stereocenters. The Morgan fingerprint density at radius 2 is 1.50 bits per heavy atom. The molecule has 2 aromatic rings. The fourth-order valence-electron chi connectivity index (χ4n) is 3.79. The lowest BCUT2D eigenvalue weighted by atomic mass is 9.86. The van der Waals surface area contributed by atoms with Crippen molar-refractivity contribution in [2.75, 3.05) is 0 Å². The quantitative estimate of drug-likeness (QED) is 0.422. The van der Waals surface area contributed by atoms with Gasteiger partial charge in [0.05, 0.1) is 0 Å². The zero-order valence-electron chi connectivity index (χ0n) is 21.5. The Labute approximate surface area is 215 Å². The molecule has 0 spiro atoms. The lowest BCUT2D eigenvalue weighted by Crippen LogP contribution is -2.53. The Kier molecular flexibility index (Phi) is 9.62. The Hall–Kier alpha value is -2.04. The molecule has 0 saturated carbocycles. The topological polar surface area (TPSA) is 49.4 Å². The van der Waals surface area contributed by atoms with Crippen LogP contribution in [0.4, 0.5) is 0 Å². The van der Waals surface area contributed by atoms with Gasteiger partial charge >= 0.3 is 0 Å². The summed E-state index contributed by atoms with van der Waals surface area (Å²) in [6.45, 7) is 14.4. The van der Waals surface area contributed by atoms with Crippen molar-refractivity contribution in [1.29, 1.82) is 0 Å². The van der Waals surface area contributed by atoms with Crippen molar-refractivity contribution in [2.45, 2.75) is 91.3 Å². The van der Waals surface area contributed by atoms with Crippen LogP contribution in [0, 0.1) is 0 Å². The normalized spacial score (nSPS) is 12.9. The highest BCUT2D eigenvalue weighted by molar-refractivity contribution is 6.36. The van der Waals surface area contributed by atoms with E-state index >= 15 is 0 Å². The number of nitrogens with one attached hydrogen (secondary N) is 1. The van der Waals surface area contributed by atoms with E-state index in [4.69, 9.17) is 23.2 Å². The van der Waals surface area contributed by atoms with E-state index in [9.17, 15) is 9.59 Å². The molecular weight excluding hydrogens is 467 g/mol. The molecule has 34 heavy (non-hydrogen) atoms. The van der Waals surface area contributed by atoms with Crippen molar-refractivity contribution in [3.63, 3.8) is 0 Å². The molecule has 0 aliphatic heterocycles. The first-order valence-corrected chi connectivity index (χ1v) is 12.6. The fourth-order valence-corrected chi connectivity index (χ4v) is 4.31. The number of aryl methyl sites for hydroxylation is 1. The number of carbonyl (C=O) groups is 2. The molecular formula is C28H38Cl2N2O2. The van der Waals surface area contributed by atoms with E-state index in [1.54, 1.807) is 23.1 Å². The van der Waals surface area contributed by atoms with Crippen LogP contribution in [-0.2, 0) is 28.0 Å². The van der Waals surface area contributed by atoms with Crippen molar-refractivity contribution in [3.8, 4) is 0 Å². The van der Waals surface area contributed by atoms with Gasteiger partial charge in [0, 0.05) is 34.1 Å². The van der Waals surface area contributed by atoms with Gasteiger partial charge in [-0.15, -0.1) is 0 Å². The third kappa shape index (κ3) is 8.02. The molecule has 0 heterocycles. The minimum absolute atomic E-state index is 0.0775. The molecule has 0 aliphatic carbocycles.